The molecule has 2 fully saturated rings. The van der Waals surface area contributed by atoms with E-state index in [0.717, 1.165) is 12.8 Å². The van der Waals surface area contributed by atoms with Gasteiger partial charge in [0, 0.05) is 32.4 Å². The molecule has 1 spiro atoms. The summed E-state index contributed by atoms with van der Waals surface area (Å²) in [5, 5.41) is 2.65. The molecule has 1 N–H and O–H groups in total. The molecule has 24 heavy (non-hydrogen) atoms. The van der Waals surface area contributed by atoms with Crippen LogP contribution >= 0.6 is 0 Å². The second kappa shape index (κ2) is 6.12. The van der Waals surface area contributed by atoms with E-state index in [1.165, 1.54) is 0 Å². The van der Waals surface area contributed by atoms with Crippen LogP contribution in [-0.4, -0.2) is 57.5 Å². The number of rotatable bonds is 3. The molecule has 0 aromatic carbocycles. The number of nitrogens with one attached hydrogen (secondary N) is 1. The number of carbonyl (C=O) groups is 2. The molecule has 1 aromatic heterocycles. The molecule has 2 saturated heterocycles. The molecule has 0 radical (unpaired) electrons. The van der Waals surface area contributed by atoms with Crippen LogP contribution in [0.1, 0.15) is 50.1 Å². The fourth-order valence-corrected chi connectivity index (χ4v) is 4.14. The van der Waals surface area contributed by atoms with Crippen LogP contribution in [0.4, 0.5) is 0 Å². The highest BCUT2D eigenvalue weighted by molar-refractivity contribution is 5.91. The largest absolute Gasteiger partial charge is 0.369 e. The summed E-state index contributed by atoms with van der Waals surface area (Å²) in [5.74, 6) is -0.0641. The first kappa shape index (κ1) is 16.8. The molecule has 0 aliphatic carbocycles. The molecular weight excluding hydrogens is 308 g/mol. The molecule has 3 rings (SSSR count). The van der Waals surface area contributed by atoms with E-state index in [4.69, 9.17) is 4.74 Å². The van der Waals surface area contributed by atoms with Gasteiger partial charge in [-0.15, -0.1) is 0 Å². The van der Waals surface area contributed by atoms with E-state index in [-0.39, 0.29) is 35.8 Å². The van der Waals surface area contributed by atoms with Gasteiger partial charge in [-0.25, -0.2) is 9.97 Å². The van der Waals surface area contributed by atoms with Crippen molar-refractivity contribution < 1.29 is 14.3 Å². The van der Waals surface area contributed by atoms with Crippen molar-refractivity contribution in [1.29, 1.82) is 0 Å². The van der Waals surface area contributed by atoms with Gasteiger partial charge < -0.3 is 15.0 Å². The second-order valence-corrected chi connectivity index (χ2v) is 7.16. The number of ether oxygens (including phenoxy) is 1. The van der Waals surface area contributed by atoms with E-state index < -0.39 is 5.54 Å². The van der Waals surface area contributed by atoms with Gasteiger partial charge in [-0.1, -0.05) is 0 Å². The maximum atomic E-state index is 13.0. The molecule has 7 nitrogen and oxygen atoms in total. The van der Waals surface area contributed by atoms with E-state index in [1.807, 2.05) is 18.7 Å². The lowest BCUT2D eigenvalue weighted by molar-refractivity contribution is -0.126. The van der Waals surface area contributed by atoms with Crippen molar-refractivity contribution in [3.05, 3.63) is 24.3 Å². The topological polar surface area (TPSA) is 84.4 Å². The average molecular weight is 332 g/mol. The minimum Gasteiger partial charge on any atom is -0.369 e. The summed E-state index contributed by atoms with van der Waals surface area (Å²) >= 11 is 0. The van der Waals surface area contributed by atoms with E-state index in [2.05, 4.69) is 15.3 Å². The Hall–Kier alpha value is -2.02. The Bertz CT molecular complexity index is 634. The molecular formula is C17H24N4O3. The number of amides is 2. The Morgan fingerprint density at radius 2 is 2.08 bits per heavy atom. The summed E-state index contributed by atoms with van der Waals surface area (Å²) in [4.78, 5) is 34.9. The normalized spacial score (nSPS) is 28.3. The standard InChI is InChI=1S/C17H24N4O3/c1-16(2)11-17(12(24-16)10-13(22)18-3)6-4-9-21(17)15(23)14-19-7-5-8-20-14/h5,7-8,12H,4,6,9-11H2,1-3H3,(H,18,22)/t12-,17+/m0/s1. The lowest BCUT2D eigenvalue weighted by Crippen LogP contribution is -2.54. The average Bonchev–Trinajstić information content (AvgIpc) is 3.08. The molecule has 0 saturated carbocycles. The summed E-state index contributed by atoms with van der Waals surface area (Å²) in [6, 6.07) is 1.69. The monoisotopic (exact) mass is 332 g/mol. The van der Waals surface area contributed by atoms with Gasteiger partial charge in [0.2, 0.25) is 11.7 Å². The van der Waals surface area contributed by atoms with Gasteiger partial charge in [0.25, 0.3) is 5.91 Å². The lowest BCUT2D eigenvalue weighted by atomic mass is 9.82. The van der Waals surface area contributed by atoms with Gasteiger partial charge in [-0.05, 0) is 32.8 Å². The zero-order chi connectivity index (χ0) is 17.4. The van der Waals surface area contributed by atoms with Gasteiger partial charge in [-0.3, -0.25) is 9.59 Å². The van der Waals surface area contributed by atoms with E-state index in [1.54, 1.807) is 25.5 Å². The van der Waals surface area contributed by atoms with Crippen LogP contribution in [-0.2, 0) is 9.53 Å². The first-order valence-electron chi connectivity index (χ1n) is 8.35. The summed E-state index contributed by atoms with van der Waals surface area (Å²) in [6.07, 6.45) is 5.50. The summed E-state index contributed by atoms with van der Waals surface area (Å²) < 4.78 is 6.18. The van der Waals surface area contributed by atoms with E-state index in [0.29, 0.717) is 13.0 Å². The molecule has 2 atom stereocenters. The van der Waals surface area contributed by atoms with Crippen LogP contribution in [0, 0.1) is 0 Å². The highest BCUT2D eigenvalue weighted by Gasteiger charge is 2.58. The number of likely N-dealkylation sites (tertiary alicyclic amines) is 1. The number of hydrogen-bond donors (Lipinski definition) is 1. The first-order chi connectivity index (χ1) is 11.4. The number of hydrogen-bond acceptors (Lipinski definition) is 5. The van der Waals surface area contributed by atoms with Crippen molar-refractivity contribution in [2.24, 2.45) is 0 Å². The van der Waals surface area contributed by atoms with Crippen molar-refractivity contribution >= 4 is 11.8 Å². The lowest BCUT2D eigenvalue weighted by Gasteiger charge is -2.38. The number of carbonyl (C=O) groups excluding carboxylic acids is 2. The Balaban J connectivity index is 1.93. The molecule has 0 bridgehead atoms. The van der Waals surface area contributed by atoms with Crippen molar-refractivity contribution in [3.8, 4) is 0 Å². The summed E-state index contributed by atoms with van der Waals surface area (Å²) in [5.41, 5.74) is -0.842. The Morgan fingerprint density at radius 3 is 2.75 bits per heavy atom. The minimum absolute atomic E-state index is 0.0765. The third-order valence-corrected chi connectivity index (χ3v) is 4.97. The maximum Gasteiger partial charge on any atom is 0.292 e. The van der Waals surface area contributed by atoms with Crippen LogP contribution in [0.2, 0.25) is 0 Å². The predicted molar refractivity (Wildman–Crippen MR) is 87.3 cm³/mol. The van der Waals surface area contributed by atoms with Crippen molar-refractivity contribution in [1.82, 2.24) is 20.2 Å². The molecule has 7 heteroatoms. The Kier molecular flexibility index (Phi) is 4.29. The predicted octanol–water partition coefficient (Wildman–Crippen LogP) is 1.15. The number of nitrogens with zero attached hydrogens (tertiary/aromatic N) is 3. The molecule has 3 heterocycles. The highest BCUT2D eigenvalue weighted by atomic mass is 16.5. The second-order valence-electron chi connectivity index (χ2n) is 7.16. The van der Waals surface area contributed by atoms with Crippen molar-refractivity contribution in [2.75, 3.05) is 13.6 Å². The fourth-order valence-electron chi connectivity index (χ4n) is 4.14. The van der Waals surface area contributed by atoms with Crippen molar-refractivity contribution in [3.63, 3.8) is 0 Å². The molecule has 1 aromatic rings. The molecule has 0 unspecified atom stereocenters. The Labute approximate surface area is 141 Å². The molecule has 2 aliphatic rings. The Morgan fingerprint density at radius 1 is 1.38 bits per heavy atom. The van der Waals surface area contributed by atoms with Gasteiger partial charge >= 0.3 is 0 Å². The van der Waals surface area contributed by atoms with E-state index in [9.17, 15) is 9.59 Å². The van der Waals surface area contributed by atoms with Crippen LogP contribution < -0.4 is 5.32 Å². The van der Waals surface area contributed by atoms with Crippen molar-refractivity contribution in [2.45, 2.75) is 56.8 Å². The highest BCUT2D eigenvalue weighted by Crippen LogP contribution is 2.49. The van der Waals surface area contributed by atoms with Gasteiger partial charge in [0.1, 0.15) is 0 Å². The van der Waals surface area contributed by atoms with Crippen LogP contribution in [0.15, 0.2) is 18.5 Å². The summed E-state index contributed by atoms with van der Waals surface area (Å²) in [6.45, 7) is 4.66. The van der Waals surface area contributed by atoms with Crippen LogP contribution in [0.3, 0.4) is 0 Å². The molecule has 130 valence electrons. The zero-order valence-corrected chi connectivity index (χ0v) is 14.4. The van der Waals surface area contributed by atoms with Crippen LogP contribution in [0.25, 0.3) is 0 Å². The molecule has 2 aliphatic heterocycles. The zero-order valence-electron chi connectivity index (χ0n) is 14.4. The third kappa shape index (κ3) is 2.88. The fraction of sp³-hybridized carbons (Fsp3) is 0.647. The summed E-state index contributed by atoms with van der Waals surface area (Å²) in [7, 11) is 1.62. The minimum atomic E-state index is -0.466. The van der Waals surface area contributed by atoms with Gasteiger partial charge in [-0.2, -0.15) is 0 Å². The molecule has 2 amide bonds. The van der Waals surface area contributed by atoms with E-state index >= 15 is 0 Å². The van der Waals surface area contributed by atoms with Crippen LogP contribution in [0.5, 0.6) is 0 Å². The quantitative estimate of drug-likeness (QED) is 0.898. The van der Waals surface area contributed by atoms with Gasteiger partial charge in [0.05, 0.1) is 23.7 Å². The number of aromatic nitrogens is 2. The maximum absolute atomic E-state index is 13.0. The third-order valence-electron chi connectivity index (χ3n) is 4.97. The first-order valence-corrected chi connectivity index (χ1v) is 8.35. The van der Waals surface area contributed by atoms with Gasteiger partial charge in [0.15, 0.2) is 0 Å². The smallest absolute Gasteiger partial charge is 0.292 e. The SMILES string of the molecule is CNC(=O)C[C@@H]1OC(C)(C)C[C@]12CCCN2C(=O)c1ncccn1.